The van der Waals surface area contributed by atoms with Crippen LogP contribution in [-0.2, 0) is 22.4 Å². The lowest BCUT2D eigenvalue weighted by Gasteiger charge is -2.06. The van der Waals surface area contributed by atoms with Gasteiger partial charge in [0.1, 0.15) is 0 Å². The number of aromatic nitrogens is 3. The van der Waals surface area contributed by atoms with Crippen molar-refractivity contribution in [2.75, 3.05) is 6.61 Å². The molecule has 0 amide bonds. The summed E-state index contributed by atoms with van der Waals surface area (Å²) in [4.78, 5) is 11.5. The van der Waals surface area contributed by atoms with E-state index in [9.17, 15) is 4.79 Å². The van der Waals surface area contributed by atoms with Gasteiger partial charge in [-0.25, -0.2) is 0 Å². The molecule has 104 valence electrons. The molecule has 0 aliphatic heterocycles. The fraction of sp³-hybridized carbons (Fsp3) is 0.786. The minimum absolute atomic E-state index is 0.0273. The summed E-state index contributed by atoms with van der Waals surface area (Å²) < 4.78 is 5.38. The standard InChI is InChI=1S/C14H21N3O2/c1-8(2)14(18)19-7-11-9-3-5-12-13(16-17-15-12)6-4-10(9)11/h8-11H,3-7H2,1-2H3,(H,15,16,17)/t9-,10+,11?. The van der Waals surface area contributed by atoms with Crippen LogP contribution in [0.3, 0.4) is 0 Å². The molecule has 1 unspecified atom stereocenters. The van der Waals surface area contributed by atoms with Crippen molar-refractivity contribution in [2.45, 2.75) is 39.5 Å². The Morgan fingerprint density at radius 1 is 1.26 bits per heavy atom. The number of aromatic amines is 1. The molecule has 1 heterocycles. The first-order chi connectivity index (χ1) is 9.16. The number of rotatable bonds is 3. The zero-order chi connectivity index (χ0) is 13.4. The second-order valence-corrected chi connectivity index (χ2v) is 6.07. The summed E-state index contributed by atoms with van der Waals surface area (Å²) in [5.74, 6) is 1.89. The van der Waals surface area contributed by atoms with Crippen molar-refractivity contribution in [3.8, 4) is 0 Å². The number of esters is 1. The number of H-pyrrole nitrogens is 1. The second-order valence-electron chi connectivity index (χ2n) is 6.07. The lowest BCUT2D eigenvalue weighted by atomic mass is 10.0. The van der Waals surface area contributed by atoms with Gasteiger partial charge in [-0.15, -0.1) is 0 Å². The molecule has 1 aromatic heterocycles. The van der Waals surface area contributed by atoms with E-state index >= 15 is 0 Å². The number of carbonyl (C=O) groups excluding carboxylic acids is 1. The molecule has 1 saturated carbocycles. The highest BCUT2D eigenvalue weighted by molar-refractivity contribution is 5.71. The highest BCUT2D eigenvalue weighted by Gasteiger charge is 2.50. The lowest BCUT2D eigenvalue weighted by molar-refractivity contribution is -0.148. The Labute approximate surface area is 113 Å². The van der Waals surface area contributed by atoms with Gasteiger partial charge in [-0.1, -0.05) is 13.8 Å². The lowest BCUT2D eigenvalue weighted by Crippen LogP contribution is -2.14. The predicted octanol–water partition coefficient (Wildman–Crippen LogP) is 1.74. The third-order valence-electron chi connectivity index (χ3n) is 4.53. The number of aryl methyl sites for hydroxylation is 2. The van der Waals surface area contributed by atoms with Crippen molar-refractivity contribution in [3.05, 3.63) is 11.4 Å². The van der Waals surface area contributed by atoms with E-state index in [2.05, 4.69) is 15.4 Å². The molecule has 0 saturated heterocycles. The molecule has 2 aliphatic carbocycles. The molecular formula is C14H21N3O2. The number of ether oxygens (including phenoxy) is 1. The average Bonchev–Trinajstić information content (AvgIpc) is 2.81. The number of nitrogens with zero attached hydrogens (tertiary/aromatic N) is 2. The van der Waals surface area contributed by atoms with Crippen LogP contribution in [0.1, 0.15) is 38.1 Å². The van der Waals surface area contributed by atoms with E-state index in [1.54, 1.807) is 0 Å². The van der Waals surface area contributed by atoms with E-state index < -0.39 is 0 Å². The van der Waals surface area contributed by atoms with E-state index in [0.29, 0.717) is 24.4 Å². The highest BCUT2D eigenvalue weighted by atomic mass is 16.5. The van der Waals surface area contributed by atoms with Crippen molar-refractivity contribution < 1.29 is 9.53 Å². The SMILES string of the molecule is CC(C)C(=O)OCC1[C@H]2CCc3n[nH]nc3CC[C@@H]12. The van der Waals surface area contributed by atoms with Gasteiger partial charge in [0.25, 0.3) is 0 Å². The van der Waals surface area contributed by atoms with Crippen molar-refractivity contribution in [3.63, 3.8) is 0 Å². The zero-order valence-corrected chi connectivity index (χ0v) is 11.6. The van der Waals surface area contributed by atoms with E-state index in [1.807, 2.05) is 13.8 Å². The summed E-state index contributed by atoms with van der Waals surface area (Å²) in [5, 5.41) is 11.1. The van der Waals surface area contributed by atoms with Crippen molar-refractivity contribution >= 4 is 5.97 Å². The average molecular weight is 263 g/mol. The van der Waals surface area contributed by atoms with Gasteiger partial charge < -0.3 is 4.74 Å². The Balaban J connectivity index is 1.53. The topological polar surface area (TPSA) is 67.9 Å². The van der Waals surface area contributed by atoms with Crippen LogP contribution in [0.5, 0.6) is 0 Å². The quantitative estimate of drug-likeness (QED) is 0.843. The van der Waals surface area contributed by atoms with Crippen LogP contribution in [-0.4, -0.2) is 28.0 Å². The largest absolute Gasteiger partial charge is 0.465 e. The molecule has 1 aromatic rings. The molecule has 5 heteroatoms. The number of hydrogen-bond donors (Lipinski definition) is 1. The minimum atomic E-state index is -0.0749. The maximum Gasteiger partial charge on any atom is 0.308 e. The molecular weight excluding hydrogens is 242 g/mol. The summed E-state index contributed by atoms with van der Waals surface area (Å²) >= 11 is 0. The third kappa shape index (κ3) is 2.51. The molecule has 2 aliphatic rings. The summed E-state index contributed by atoms with van der Waals surface area (Å²) in [6, 6.07) is 0. The number of nitrogens with one attached hydrogen (secondary N) is 1. The number of carbonyl (C=O) groups is 1. The first kappa shape index (κ1) is 12.6. The normalized spacial score (nSPS) is 29.1. The molecule has 0 aromatic carbocycles. The van der Waals surface area contributed by atoms with Gasteiger partial charge in [-0.3, -0.25) is 4.79 Å². The number of fused-ring (bicyclic) bond motifs is 2. The Bertz CT molecular complexity index is 441. The van der Waals surface area contributed by atoms with Crippen LogP contribution in [0.2, 0.25) is 0 Å². The van der Waals surface area contributed by atoms with Crippen molar-refractivity contribution in [2.24, 2.45) is 23.7 Å². The Kier molecular flexibility index (Phi) is 3.29. The molecule has 0 radical (unpaired) electrons. The molecule has 3 atom stereocenters. The van der Waals surface area contributed by atoms with Crippen LogP contribution < -0.4 is 0 Å². The van der Waals surface area contributed by atoms with Gasteiger partial charge in [0.15, 0.2) is 0 Å². The number of hydrogen-bond acceptors (Lipinski definition) is 4. The fourth-order valence-corrected chi connectivity index (χ4v) is 3.25. The van der Waals surface area contributed by atoms with Gasteiger partial charge in [0, 0.05) is 0 Å². The predicted molar refractivity (Wildman–Crippen MR) is 69.3 cm³/mol. The van der Waals surface area contributed by atoms with E-state index in [-0.39, 0.29) is 11.9 Å². The van der Waals surface area contributed by atoms with Gasteiger partial charge in [0.2, 0.25) is 0 Å². The molecule has 0 bridgehead atoms. The molecule has 1 fully saturated rings. The minimum Gasteiger partial charge on any atom is -0.465 e. The van der Waals surface area contributed by atoms with Crippen LogP contribution in [0.15, 0.2) is 0 Å². The van der Waals surface area contributed by atoms with Gasteiger partial charge in [-0.05, 0) is 43.4 Å². The summed E-state index contributed by atoms with van der Waals surface area (Å²) in [6.45, 7) is 4.36. The van der Waals surface area contributed by atoms with Crippen LogP contribution >= 0.6 is 0 Å². The van der Waals surface area contributed by atoms with Gasteiger partial charge in [0.05, 0.1) is 23.9 Å². The van der Waals surface area contributed by atoms with Crippen LogP contribution in [0, 0.1) is 23.7 Å². The first-order valence-electron chi connectivity index (χ1n) is 7.22. The van der Waals surface area contributed by atoms with Gasteiger partial charge >= 0.3 is 5.97 Å². The van der Waals surface area contributed by atoms with E-state index in [0.717, 1.165) is 37.1 Å². The Hall–Kier alpha value is -1.39. The van der Waals surface area contributed by atoms with E-state index in [4.69, 9.17) is 4.74 Å². The maximum atomic E-state index is 11.5. The Morgan fingerprint density at radius 3 is 2.37 bits per heavy atom. The second kappa shape index (κ2) is 4.94. The van der Waals surface area contributed by atoms with E-state index in [1.165, 1.54) is 0 Å². The maximum absolute atomic E-state index is 11.5. The van der Waals surface area contributed by atoms with Crippen LogP contribution in [0.25, 0.3) is 0 Å². The summed E-state index contributed by atoms with van der Waals surface area (Å²) in [7, 11) is 0. The molecule has 19 heavy (non-hydrogen) atoms. The van der Waals surface area contributed by atoms with Gasteiger partial charge in [-0.2, -0.15) is 15.4 Å². The van der Waals surface area contributed by atoms with Crippen LogP contribution in [0.4, 0.5) is 0 Å². The van der Waals surface area contributed by atoms with Crippen molar-refractivity contribution in [1.82, 2.24) is 15.4 Å². The first-order valence-corrected chi connectivity index (χ1v) is 7.22. The summed E-state index contributed by atoms with van der Waals surface area (Å²) in [6.07, 6.45) is 4.30. The molecule has 0 spiro atoms. The van der Waals surface area contributed by atoms with Crippen molar-refractivity contribution in [1.29, 1.82) is 0 Å². The molecule has 1 N–H and O–H groups in total. The summed E-state index contributed by atoms with van der Waals surface area (Å²) in [5.41, 5.74) is 2.26. The smallest absolute Gasteiger partial charge is 0.308 e. The fourth-order valence-electron chi connectivity index (χ4n) is 3.25. The highest BCUT2D eigenvalue weighted by Crippen LogP contribution is 2.52. The molecule has 3 rings (SSSR count). The zero-order valence-electron chi connectivity index (χ0n) is 11.6. The molecule has 5 nitrogen and oxygen atoms in total. The monoisotopic (exact) mass is 263 g/mol. The third-order valence-corrected chi connectivity index (χ3v) is 4.53. The Morgan fingerprint density at radius 2 is 1.84 bits per heavy atom.